The van der Waals surface area contributed by atoms with E-state index in [4.69, 9.17) is 18.7 Å². The van der Waals surface area contributed by atoms with Crippen LogP contribution in [0, 0.1) is 13.8 Å². The Morgan fingerprint density at radius 2 is 1.48 bits per heavy atom. The number of rotatable bonds is 5. The van der Waals surface area contributed by atoms with Crippen LogP contribution >= 0.6 is 0 Å². The van der Waals surface area contributed by atoms with E-state index in [1.54, 1.807) is 27.6 Å². The minimum atomic E-state index is 0.546. The van der Waals surface area contributed by atoms with Crippen molar-refractivity contribution >= 4 is 0 Å². The van der Waals surface area contributed by atoms with Gasteiger partial charge in [-0.3, -0.25) is 0 Å². The van der Waals surface area contributed by atoms with Crippen molar-refractivity contribution in [2.75, 3.05) is 21.3 Å². The molecule has 3 rings (SSSR count). The number of methoxy groups -OCH3 is 3. The summed E-state index contributed by atoms with van der Waals surface area (Å²) in [4.78, 5) is 0. The normalized spacial score (nSPS) is 10.6. The van der Waals surface area contributed by atoms with Crippen molar-refractivity contribution in [3.63, 3.8) is 0 Å². The fraction of sp³-hybridized carbons (Fsp3) is 0.250. The minimum absolute atomic E-state index is 0.546. The van der Waals surface area contributed by atoms with Gasteiger partial charge < -0.3 is 18.7 Å². The third kappa shape index (κ3) is 3.05. The van der Waals surface area contributed by atoms with Crippen LogP contribution in [0.5, 0.6) is 17.2 Å². The maximum absolute atomic E-state index is 5.43. The van der Waals surface area contributed by atoms with Crippen LogP contribution in [0.15, 0.2) is 41.1 Å². The molecule has 1 aromatic heterocycles. The van der Waals surface area contributed by atoms with E-state index < -0.39 is 0 Å². The van der Waals surface area contributed by atoms with Gasteiger partial charge in [0.05, 0.1) is 21.3 Å². The molecule has 5 heteroatoms. The Morgan fingerprint density at radius 1 is 0.800 bits per heavy atom. The molecular weight excluding hydrogens is 318 g/mol. The standard InChI is InChI=1S/C20H21NO4/c1-12-6-7-14(8-13(12)2)16-11-25-21-19(16)15-9-17(22-3)20(24-5)18(10-15)23-4/h6-11H,1-5H3. The van der Waals surface area contributed by atoms with Crippen LogP contribution in [0.25, 0.3) is 22.4 Å². The first-order valence-corrected chi connectivity index (χ1v) is 7.91. The molecule has 5 nitrogen and oxygen atoms in total. The highest BCUT2D eigenvalue weighted by Crippen LogP contribution is 2.42. The van der Waals surface area contributed by atoms with Crippen molar-refractivity contribution in [2.45, 2.75) is 13.8 Å². The number of ether oxygens (including phenoxy) is 3. The second-order valence-corrected chi connectivity index (χ2v) is 5.79. The second kappa shape index (κ2) is 6.89. The van der Waals surface area contributed by atoms with Gasteiger partial charge in [0.15, 0.2) is 11.5 Å². The van der Waals surface area contributed by atoms with Gasteiger partial charge in [-0.25, -0.2) is 0 Å². The second-order valence-electron chi connectivity index (χ2n) is 5.79. The van der Waals surface area contributed by atoms with Crippen molar-refractivity contribution in [3.05, 3.63) is 47.7 Å². The zero-order valence-corrected chi connectivity index (χ0v) is 15.0. The Labute approximate surface area is 147 Å². The van der Waals surface area contributed by atoms with E-state index in [-0.39, 0.29) is 0 Å². The van der Waals surface area contributed by atoms with E-state index in [0.29, 0.717) is 17.2 Å². The molecule has 130 valence electrons. The molecule has 0 aliphatic carbocycles. The molecule has 3 aromatic rings. The lowest BCUT2D eigenvalue weighted by atomic mass is 9.98. The van der Waals surface area contributed by atoms with Crippen LogP contribution < -0.4 is 14.2 Å². The number of aromatic nitrogens is 1. The maximum atomic E-state index is 5.43. The average Bonchev–Trinajstić information content (AvgIpc) is 3.12. The van der Waals surface area contributed by atoms with Crippen LogP contribution in [-0.4, -0.2) is 26.5 Å². The maximum Gasteiger partial charge on any atom is 0.203 e. The van der Waals surface area contributed by atoms with E-state index in [1.807, 2.05) is 12.1 Å². The molecule has 0 spiro atoms. The molecule has 25 heavy (non-hydrogen) atoms. The summed E-state index contributed by atoms with van der Waals surface area (Å²) in [5, 5.41) is 4.19. The highest BCUT2D eigenvalue weighted by Gasteiger charge is 2.19. The van der Waals surface area contributed by atoms with Crippen LogP contribution in [-0.2, 0) is 0 Å². The number of aryl methyl sites for hydroxylation is 2. The summed E-state index contributed by atoms with van der Waals surface area (Å²) in [6, 6.07) is 10.0. The topological polar surface area (TPSA) is 53.7 Å². The average molecular weight is 339 g/mol. The number of hydrogen-bond donors (Lipinski definition) is 0. The van der Waals surface area contributed by atoms with E-state index in [9.17, 15) is 0 Å². The zero-order chi connectivity index (χ0) is 18.0. The Bertz CT molecular complexity index is 873. The van der Waals surface area contributed by atoms with Gasteiger partial charge >= 0.3 is 0 Å². The molecule has 0 fully saturated rings. The van der Waals surface area contributed by atoms with Crippen molar-refractivity contribution in [1.82, 2.24) is 5.16 Å². The molecule has 0 saturated heterocycles. The van der Waals surface area contributed by atoms with Gasteiger partial charge in [-0.15, -0.1) is 0 Å². The highest BCUT2D eigenvalue weighted by molar-refractivity contribution is 5.82. The lowest BCUT2D eigenvalue weighted by Crippen LogP contribution is -1.96. The zero-order valence-electron chi connectivity index (χ0n) is 15.0. The quantitative estimate of drug-likeness (QED) is 0.677. The van der Waals surface area contributed by atoms with E-state index >= 15 is 0 Å². The fourth-order valence-electron chi connectivity index (χ4n) is 2.78. The molecular formula is C20H21NO4. The van der Waals surface area contributed by atoms with Gasteiger partial charge in [0.2, 0.25) is 5.75 Å². The summed E-state index contributed by atoms with van der Waals surface area (Å²) in [7, 11) is 4.76. The first-order chi connectivity index (χ1) is 12.1. The Kier molecular flexibility index (Phi) is 4.65. The van der Waals surface area contributed by atoms with Gasteiger partial charge in [-0.2, -0.15) is 0 Å². The molecule has 0 unspecified atom stereocenters. The summed E-state index contributed by atoms with van der Waals surface area (Å²) >= 11 is 0. The van der Waals surface area contributed by atoms with Crippen LogP contribution in [0.4, 0.5) is 0 Å². The van der Waals surface area contributed by atoms with E-state index in [1.165, 1.54) is 11.1 Å². The summed E-state index contributed by atoms with van der Waals surface area (Å²) in [5.74, 6) is 1.70. The summed E-state index contributed by atoms with van der Waals surface area (Å²) in [6.07, 6.45) is 1.66. The predicted octanol–water partition coefficient (Wildman–Crippen LogP) is 4.65. The first kappa shape index (κ1) is 16.9. The largest absolute Gasteiger partial charge is 0.493 e. The van der Waals surface area contributed by atoms with Gasteiger partial charge in [0.25, 0.3) is 0 Å². The summed E-state index contributed by atoms with van der Waals surface area (Å²) in [6.45, 7) is 4.18. The predicted molar refractivity (Wildman–Crippen MR) is 96.5 cm³/mol. The van der Waals surface area contributed by atoms with E-state index in [2.05, 4.69) is 37.2 Å². The van der Waals surface area contributed by atoms with Gasteiger partial charge in [0.1, 0.15) is 12.0 Å². The molecule has 1 heterocycles. The lowest BCUT2D eigenvalue weighted by Gasteiger charge is -2.14. The van der Waals surface area contributed by atoms with Crippen molar-refractivity contribution < 1.29 is 18.7 Å². The fourth-order valence-corrected chi connectivity index (χ4v) is 2.78. The van der Waals surface area contributed by atoms with E-state index in [0.717, 1.165) is 22.4 Å². The van der Waals surface area contributed by atoms with Crippen LogP contribution in [0.3, 0.4) is 0 Å². The minimum Gasteiger partial charge on any atom is -0.493 e. The Morgan fingerprint density at radius 3 is 2.04 bits per heavy atom. The molecule has 0 bridgehead atoms. The molecule has 0 amide bonds. The smallest absolute Gasteiger partial charge is 0.203 e. The molecule has 0 aliphatic heterocycles. The molecule has 0 N–H and O–H groups in total. The van der Waals surface area contributed by atoms with Gasteiger partial charge in [-0.1, -0.05) is 23.4 Å². The lowest BCUT2D eigenvalue weighted by molar-refractivity contribution is 0.324. The van der Waals surface area contributed by atoms with Gasteiger partial charge in [-0.05, 0) is 42.7 Å². The Balaban J connectivity index is 2.15. The molecule has 0 aliphatic rings. The van der Waals surface area contributed by atoms with Crippen LogP contribution in [0.1, 0.15) is 11.1 Å². The monoisotopic (exact) mass is 339 g/mol. The number of nitrogens with zero attached hydrogens (tertiary/aromatic N) is 1. The number of hydrogen-bond acceptors (Lipinski definition) is 5. The first-order valence-electron chi connectivity index (χ1n) is 7.91. The summed E-state index contributed by atoms with van der Waals surface area (Å²) in [5.41, 5.74) is 5.98. The molecule has 0 radical (unpaired) electrons. The highest BCUT2D eigenvalue weighted by atomic mass is 16.5. The number of benzene rings is 2. The van der Waals surface area contributed by atoms with Gasteiger partial charge in [0, 0.05) is 11.1 Å². The molecule has 2 aromatic carbocycles. The van der Waals surface area contributed by atoms with Crippen molar-refractivity contribution in [3.8, 4) is 39.6 Å². The van der Waals surface area contributed by atoms with Crippen molar-refractivity contribution in [1.29, 1.82) is 0 Å². The summed E-state index contributed by atoms with van der Waals surface area (Å²) < 4.78 is 21.5. The van der Waals surface area contributed by atoms with Crippen molar-refractivity contribution in [2.24, 2.45) is 0 Å². The molecule has 0 atom stereocenters. The third-order valence-corrected chi connectivity index (χ3v) is 4.33. The Hall–Kier alpha value is -2.95. The molecule has 0 saturated carbocycles. The van der Waals surface area contributed by atoms with Crippen LogP contribution in [0.2, 0.25) is 0 Å². The SMILES string of the molecule is COc1cc(-c2nocc2-c2ccc(C)c(C)c2)cc(OC)c1OC. The third-order valence-electron chi connectivity index (χ3n) is 4.33.